The van der Waals surface area contributed by atoms with Gasteiger partial charge in [0.1, 0.15) is 18.0 Å². The van der Waals surface area contributed by atoms with Crippen LogP contribution in [0.5, 0.6) is 0 Å². The van der Waals surface area contributed by atoms with E-state index in [9.17, 15) is 0 Å². The Labute approximate surface area is 145 Å². The Morgan fingerprint density at radius 3 is 2.64 bits per heavy atom. The fraction of sp³-hybridized carbons (Fsp3) is 0.471. The second kappa shape index (κ2) is 5.65. The second-order valence-electron chi connectivity index (χ2n) is 6.79. The summed E-state index contributed by atoms with van der Waals surface area (Å²) in [4.78, 5) is 18.6. The Balaban J connectivity index is 1.35. The van der Waals surface area contributed by atoms with Gasteiger partial charge in [0.25, 0.3) is 0 Å². The molecule has 0 N–H and O–H groups in total. The van der Waals surface area contributed by atoms with E-state index in [2.05, 4.69) is 43.0 Å². The summed E-state index contributed by atoms with van der Waals surface area (Å²) in [5.74, 6) is 3.56. The van der Waals surface area contributed by atoms with Crippen molar-refractivity contribution in [3.8, 4) is 0 Å². The maximum atomic E-state index is 4.81. The fourth-order valence-electron chi connectivity index (χ4n) is 3.38. The quantitative estimate of drug-likeness (QED) is 0.716. The van der Waals surface area contributed by atoms with Crippen molar-refractivity contribution in [1.29, 1.82) is 0 Å². The van der Waals surface area contributed by atoms with Crippen LogP contribution in [0.3, 0.4) is 0 Å². The van der Waals surface area contributed by atoms with Crippen LogP contribution in [0.15, 0.2) is 24.8 Å². The van der Waals surface area contributed by atoms with Crippen LogP contribution in [0, 0.1) is 6.92 Å². The molecule has 0 radical (unpaired) electrons. The highest BCUT2D eigenvalue weighted by molar-refractivity contribution is 5.64. The number of fused-ring (bicyclic) bond motifs is 1. The molecule has 0 bridgehead atoms. The van der Waals surface area contributed by atoms with Gasteiger partial charge < -0.3 is 9.80 Å². The molecule has 8 heteroatoms. The number of aromatic nitrogens is 6. The molecule has 3 aromatic rings. The number of nitrogens with zero attached hydrogens (tertiary/aromatic N) is 8. The molecule has 4 heterocycles. The maximum Gasteiger partial charge on any atom is 0.203 e. The molecule has 1 aliphatic heterocycles. The van der Waals surface area contributed by atoms with Crippen LogP contribution in [0.1, 0.15) is 30.3 Å². The van der Waals surface area contributed by atoms with E-state index in [1.807, 2.05) is 10.6 Å². The summed E-state index contributed by atoms with van der Waals surface area (Å²) in [5, 5.41) is 8.18. The van der Waals surface area contributed by atoms with E-state index in [0.717, 1.165) is 55.0 Å². The molecule has 2 fully saturated rings. The number of rotatable bonds is 3. The second-order valence-corrected chi connectivity index (χ2v) is 6.79. The third-order valence-electron chi connectivity index (χ3n) is 4.90. The van der Waals surface area contributed by atoms with Crippen molar-refractivity contribution < 1.29 is 0 Å². The molecule has 1 saturated carbocycles. The van der Waals surface area contributed by atoms with Crippen LogP contribution in [0.2, 0.25) is 0 Å². The maximum absolute atomic E-state index is 4.81. The Bertz CT molecular complexity index is 908. The summed E-state index contributed by atoms with van der Waals surface area (Å²) in [5.41, 5.74) is 1.87. The Kier molecular flexibility index (Phi) is 3.29. The van der Waals surface area contributed by atoms with Crippen molar-refractivity contribution in [2.45, 2.75) is 25.7 Å². The molecule has 5 rings (SSSR count). The first-order valence-electron chi connectivity index (χ1n) is 8.78. The summed E-state index contributed by atoms with van der Waals surface area (Å²) in [6, 6.07) is 2.10. The molecule has 8 nitrogen and oxygen atoms in total. The minimum Gasteiger partial charge on any atom is -0.353 e. The lowest BCUT2D eigenvalue weighted by atomic mass is 10.3. The van der Waals surface area contributed by atoms with Gasteiger partial charge in [0.2, 0.25) is 5.65 Å². The van der Waals surface area contributed by atoms with E-state index in [4.69, 9.17) is 4.98 Å². The molecule has 0 atom stereocenters. The highest BCUT2D eigenvalue weighted by Crippen LogP contribution is 2.38. The highest BCUT2D eigenvalue weighted by Gasteiger charge is 2.28. The first kappa shape index (κ1) is 14.6. The minimum absolute atomic E-state index is 0.578. The lowest BCUT2D eigenvalue weighted by Crippen LogP contribution is -2.47. The van der Waals surface area contributed by atoms with Gasteiger partial charge in [-0.3, -0.25) is 4.40 Å². The van der Waals surface area contributed by atoms with Crippen molar-refractivity contribution in [2.75, 3.05) is 36.0 Å². The normalized spacial score (nSPS) is 18.1. The smallest absolute Gasteiger partial charge is 0.203 e. The SMILES string of the molecule is Cc1cc(N2CCN(c3nccn4cnnc34)CC2)nc(C2CC2)n1. The zero-order valence-corrected chi connectivity index (χ0v) is 14.2. The molecule has 0 spiro atoms. The average Bonchev–Trinajstić information content (AvgIpc) is 3.38. The van der Waals surface area contributed by atoms with Gasteiger partial charge in [-0.25, -0.2) is 15.0 Å². The molecule has 0 amide bonds. The third-order valence-corrected chi connectivity index (χ3v) is 4.90. The zero-order valence-electron chi connectivity index (χ0n) is 14.2. The first-order chi connectivity index (χ1) is 12.3. The van der Waals surface area contributed by atoms with E-state index in [1.54, 1.807) is 12.5 Å². The third kappa shape index (κ3) is 2.67. The number of anilines is 2. The van der Waals surface area contributed by atoms with Gasteiger partial charge >= 0.3 is 0 Å². The number of hydrogen-bond donors (Lipinski definition) is 0. The van der Waals surface area contributed by atoms with E-state index in [0.29, 0.717) is 5.92 Å². The lowest BCUT2D eigenvalue weighted by Gasteiger charge is -2.36. The van der Waals surface area contributed by atoms with Gasteiger partial charge in [-0.2, -0.15) is 0 Å². The van der Waals surface area contributed by atoms with Gasteiger partial charge in [-0.05, 0) is 19.8 Å². The van der Waals surface area contributed by atoms with Crippen LogP contribution in [-0.4, -0.2) is 55.7 Å². The monoisotopic (exact) mass is 336 g/mol. The minimum atomic E-state index is 0.578. The molecule has 0 aromatic carbocycles. The zero-order chi connectivity index (χ0) is 16.8. The molecule has 1 saturated heterocycles. The van der Waals surface area contributed by atoms with Gasteiger partial charge in [0.15, 0.2) is 5.82 Å². The number of hydrogen-bond acceptors (Lipinski definition) is 7. The Morgan fingerprint density at radius 2 is 1.84 bits per heavy atom. The molecular formula is C17H20N8. The summed E-state index contributed by atoms with van der Waals surface area (Å²) < 4.78 is 1.91. The van der Waals surface area contributed by atoms with Crippen LogP contribution >= 0.6 is 0 Å². The highest BCUT2D eigenvalue weighted by atomic mass is 15.3. The summed E-state index contributed by atoms with van der Waals surface area (Å²) in [6.07, 6.45) is 7.83. The van der Waals surface area contributed by atoms with Crippen LogP contribution < -0.4 is 9.80 Å². The first-order valence-corrected chi connectivity index (χ1v) is 8.78. The Hall–Kier alpha value is -2.77. The van der Waals surface area contributed by atoms with Crippen molar-refractivity contribution >= 4 is 17.3 Å². The predicted molar refractivity (Wildman–Crippen MR) is 94.0 cm³/mol. The molecule has 128 valence electrons. The largest absolute Gasteiger partial charge is 0.353 e. The molecule has 0 unspecified atom stereocenters. The van der Waals surface area contributed by atoms with Gasteiger partial charge in [-0.15, -0.1) is 10.2 Å². The van der Waals surface area contributed by atoms with Crippen molar-refractivity contribution in [3.63, 3.8) is 0 Å². The van der Waals surface area contributed by atoms with Crippen molar-refractivity contribution in [2.24, 2.45) is 0 Å². The predicted octanol–water partition coefficient (Wildman–Crippen LogP) is 1.43. The Morgan fingerprint density at radius 1 is 1.04 bits per heavy atom. The average molecular weight is 336 g/mol. The van der Waals surface area contributed by atoms with Gasteiger partial charge in [0, 0.05) is 56.3 Å². The molecule has 25 heavy (non-hydrogen) atoms. The van der Waals surface area contributed by atoms with E-state index >= 15 is 0 Å². The lowest BCUT2D eigenvalue weighted by molar-refractivity contribution is 0.638. The van der Waals surface area contributed by atoms with Crippen molar-refractivity contribution in [3.05, 3.63) is 36.3 Å². The number of piperazine rings is 1. The van der Waals surface area contributed by atoms with Crippen LogP contribution in [0.4, 0.5) is 11.6 Å². The molecule has 1 aliphatic carbocycles. The topological polar surface area (TPSA) is 75.3 Å². The molecule has 3 aromatic heterocycles. The molecule has 2 aliphatic rings. The van der Waals surface area contributed by atoms with E-state index < -0.39 is 0 Å². The van der Waals surface area contributed by atoms with Gasteiger partial charge in [-0.1, -0.05) is 0 Å². The van der Waals surface area contributed by atoms with Crippen LogP contribution in [0.25, 0.3) is 5.65 Å². The fourth-order valence-corrected chi connectivity index (χ4v) is 3.38. The summed E-state index contributed by atoms with van der Waals surface area (Å²) in [7, 11) is 0. The van der Waals surface area contributed by atoms with E-state index in [1.165, 1.54) is 12.8 Å². The number of aryl methyl sites for hydroxylation is 1. The van der Waals surface area contributed by atoms with Gasteiger partial charge in [0.05, 0.1) is 0 Å². The van der Waals surface area contributed by atoms with Crippen molar-refractivity contribution in [1.82, 2.24) is 29.5 Å². The summed E-state index contributed by atoms with van der Waals surface area (Å²) in [6.45, 7) is 5.67. The standard InChI is InChI=1S/C17H20N8/c1-12-10-14(21-15(20-12)13-2-3-13)23-6-8-24(9-7-23)16-17-22-19-11-25(17)5-4-18-16/h4-5,10-11,13H,2-3,6-9H2,1H3. The molecular weight excluding hydrogens is 316 g/mol. The van der Waals surface area contributed by atoms with Crippen LogP contribution in [-0.2, 0) is 0 Å². The van der Waals surface area contributed by atoms with E-state index in [-0.39, 0.29) is 0 Å². The summed E-state index contributed by atoms with van der Waals surface area (Å²) >= 11 is 0.